The molecule has 1 aliphatic rings. The molecule has 0 spiro atoms. The number of hydrogen-bond donors (Lipinski definition) is 0. The summed E-state index contributed by atoms with van der Waals surface area (Å²) in [6.45, 7) is 1.59. The van der Waals surface area contributed by atoms with Crippen LogP contribution in [0.1, 0.15) is 6.42 Å². The number of ether oxygens (including phenoxy) is 1. The van der Waals surface area contributed by atoms with E-state index in [2.05, 4.69) is 4.98 Å². The maximum atomic E-state index is 12.5. The first-order valence-electron chi connectivity index (χ1n) is 6.70. The Morgan fingerprint density at radius 2 is 2.10 bits per heavy atom. The predicted molar refractivity (Wildman–Crippen MR) is 75.0 cm³/mol. The van der Waals surface area contributed by atoms with Gasteiger partial charge in [0, 0.05) is 46.5 Å². The van der Waals surface area contributed by atoms with Crippen LogP contribution in [0.4, 0.5) is 0 Å². The van der Waals surface area contributed by atoms with Crippen LogP contribution in [0.25, 0.3) is 0 Å². The van der Waals surface area contributed by atoms with Gasteiger partial charge in [0.1, 0.15) is 6.61 Å². The van der Waals surface area contributed by atoms with Crippen LogP contribution in [-0.2, 0) is 26.6 Å². The summed E-state index contributed by atoms with van der Waals surface area (Å²) in [6, 6.07) is 0. The Labute approximate surface area is 124 Å². The van der Waals surface area contributed by atoms with E-state index in [1.165, 1.54) is 23.9 Å². The monoisotopic (exact) mass is 316 g/mol. The summed E-state index contributed by atoms with van der Waals surface area (Å²) >= 11 is 0. The fraction of sp³-hybridized carbons (Fsp3) is 0.667. The molecule has 21 heavy (non-hydrogen) atoms. The third-order valence-electron chi connectivity index (χ3n) is 3.36. The Balaban J connectivity index is 2.07. The van der Waals surface area contributed by atoms with Gasteiger partial charge in [-0.15, -0.1) is 0 Å². The highest BCUT2D eigenvalue weighted by molar-refractivity contribution is 7.89. The summed E-state index contributed by atoms with van der Waals surface area (Å²) in [6.07, 6.45) is 3.54. The van der Waals surface area contributed by atoms with Crippen LogP contribution in [-0.4, -0.2) is 73.0 Å². The summed E-state index contributed by atoms with van der Waals surface area (Å²) in [7, 11) is -0.406. The summed E-state index contributed by atoms with van der Waals surface area (Å²) in [5.74, 6) is -0.116. The van der Waals surface area contributed by atoms with Crippen LogP contribution in [0.5, 0.6) is 0 Å². The number of sulfonamides is 1. The highest BCUT2D eigenvalue weighted by Crippen LogP contribution is 2.15. The molecule has 1 saturated heterocycles. The molecule has 118 valence electrons. The summed E-state index contributed by atoms with van der Waals surface area (Å²) < 4.78 is 32.8. The van der Waals surface area contributed by atoms with Crippen molar-refractivity contribution < 1.29 is 17.9 Å². The topological polar surface area (TPSA) is 84.7 Å². The first-order valence-corrected chi connectivity index (χ1v) is 8.14. The third kappa shape index (κ3) is 3.60. The molecule has 0 saturated carbocycles. The average molecular weight is 316 g/mol. The molecule has 1 aliphatic heterocycles. The van der Waals surface area contributed by atoms with E-state index in [9.17, 15) is 13.2 Å². The number of amides is 1. The molecule has 0 aromatic carbocycles. The second kappa shape index (κ2) is 6.54. The number of aryl methyl sites for hydroxylation is 1. The number of carbonyl (C=O) groups excluding carboxylic acids is 1. The standard InChI is InChI=1S/C12H20N4O4S/c1-14-8-11(13-10-14)21(18,19)16-5-3-4-15(6-7-16)12(17)9-20-2/h8,10H,3-7,9H2,1-2H3. The molecule has 0 N–H and O–H groups in total. The van der Waals surface area contributed by atoms with Crippen LogP contribution in [0.15, 0.2) is 17.6 Å². The molecule has 0 atom stereocenters. The summed E-state index contributed by atoms with van der Waals surface area (Å²) in [4.78, 5) is 17.3. The first kappa shape index (κ1) is 15.9. The fourth-order valence-corrected chi connectivity index (χ4v) is 3.69. The van der Waals surface area contributed by atoms with Crippen molar-refractivity contribution in [3.63, 3.8) is 0 Å². The van der Waals surface area contributed by atoms with Crippen molar-refractivity contribution in [2.45, 2.75) is 11.4 Å². The maximum Gasteiger partial charge on any atom is 0.262 e. The van der Waals surface area contributed by atoms with Crippen molar-refractivity contribution in [2.75, 3.05) is 39.9 Å². The van der Waals surface area contributed by atoms with Crippen LogP contribution in [0, 0.1) is 0 Å². The van der Waals surface area contributed by atoms with Crippen molar-refractivity contribution in [3.8, 4) is 0 Å². The number of methoxy groups -OCH3 is 1. The average Bonchev–Trinajstić information content (AvgIpc) is 2.74. The highest BCUT2D eigenvalue weighted by Gasteiger charge is 2.29. The van der Waals surface area contributed by atoms with Gasteiger partial charge >= 0.3 is 0 Å². The molecule has 1 aromatic rings. The smallest absolute Gasteiger partial charge is 0.262 e. The largest absolute Gasteiger partial charge is 0.375 e. The summed E-state index contributed by atoms with van der Waals surface area (Å²) in [5.41, 5.74) is 0. The number of carbonyl (C=O) groups is 1. The molecule has 0 aliphatic carbocycles. The van der Waals surface area contributed by atoms with Gasteiger partial charge in [0.05, 0.1) is 6.33 Å². The minimum absolute atomic E-state index is 0.0208. The first-order chi connectivity index (χ1) is 9.95. The summed E-state index contributed by atoms with van der Waals surface area (Å²) in [5, 5.41) is 0.0432. The Kier molecular flexibility index (Phi) is 4.96. The zero-order chi connectivity index (χ0) is 15.5. The van der Waals surface area contributed by atoms with Crippen molar-refractivity contribution in [3.05, 3.63) is 12.5 Å². The molecule has 2 rings (SSSR count). The number of imidazole rings is 1. The number of aromatic nitrogens is 2. The van der Waals surface area contributed by atoms with Crippen LogP contribution >= 0.6 is 0 Å². The van der Waals surface area contributed by atoms with Gasteiger partial charge in [0.15, 0.2) is 5.03 Å². The molecule has 1 amide bonds. The SMILES string of the molecule is COCC(=O)N1CCCN(S(=O)(=O)c2cn(C)cn2)CC1. The Morgan fingerprint density at radius 3 is 2.71 bits per heavy atom. The molecular formula is C12H20N4O4S. The van der Waals surface area contributed by atoms with Gasteiger partial charge in [-0.2, -0.15) is 4.31 Å². The molecule has 0 unspecified atom stereocenters. The van der Waals surface area contributed by atoms with Crippen LogP contribution in [0.2, 0.25) is 0 Å². The molecule has 0 radical (unpaired) electrons. The van der Waals surface area contributed by atoms with Crippen molar-refractivity contribution in [2.24, 2.45) is 7.05 Å². The van der Waals surface area contributed by atoms with E-state index in [1.54, 1.807) is 16.5 Å². The fourth-order valence-electron chi connectivity index (χ4n) is 2.25. The quantitative estimate of drug-likeness (QED) is 0.732. The lowest BCUT2D eigenvalue weighted by Gasteiger charge is -2.21. The van der Waals surface area contributed by atoms with E-state index >= 15 is 0 Å². The van der Waals surface area contributed by atoms with Gasteiger partial charge in [0.25, 0.3) is 10.0 Å². The van der Waals surface area contributed by atoms with Crippen LogP contribution in [0.3, 0.4) is 0 Å². The van der Waals surface area contributed by atoms with Crippen molar-refractivity contribution >= 4 is 15.9 Å². The zero-order valence-corrected chi connectivity index (χ0v) is 13.0. The Bertz CT molecular complexity index is 598. The predicted octanol–water partition coefficient (Wildman–Crippen LogP) is -0.710. The number of hydrogen-bond acceptors (Lipinski definition) is 5. The van der Waals surface area contributed by atoms with Gasteiger partial charge in [-0.1, -0.05) is 0 Å². The van der Waals surface area contributed by atoms with Gasteiger partial charge in [0.2, 0.25) is 5.91 Å². The normalized spacial score (nSPS) is 17.7. The molecule has 0 bridgehead atoms. The minimum Gasteiger partial charge on any atom is -0.375 e. The maximum absolute atomic E-state index is 12.5. The lowest BCUT2D eigenvalue weighted by Crippen LogP contribution is -2.38. The van der Waals surface area contributed by atoms with Gasteiger partial charge < -0.3 is 14.2 Å². The molecule has 8 nitrogen and oxygen atoms in total. The molecule has 2 heterocycles. The number of rotatable bonds is 4. The minimum atomic E-state index is -3.59. The van der Waals surface area contributed by atoms with E-state index in [4.69, 9.17) is 4.74 Å². The molecule has 1 aromatic heterocycles. The van der Waals surface area contributed by atoms with E-state index < -0.39 is 10.0 Å². The molecular weight excluding hydrogens is 296 g/mol. The van der Waals surface area contributed by atoms with E-state index in [-0.39, 0.29) is 24.1 Å². The van der Waals surface area contributed by atoms with Gasteiger partial charge in [-0.05, 0) is 6.42 Å². The van der Waals surface area contributed by atoms with Gasteiger partial charge in [-0.3, -0.25) is 4.79 Å². The second-order valence-corrected chi connectivity index (χ2v) is 6.83. The lowest BCUT2D eigenvalue weighted by molar-refractivity contribution is -0.134. The van der Waals surface area contributed by atoms with E-state index in [0.29, 0.717) is 26.1 Å². The van der Waals surface area contributed by atoms with Crippen molar-refractivity contribution in [1.82, 2.24) is 18.8 Å². The van der Waals surface area contributed by atoms with Gasteiger partial charge in [-0.25, -0.2) is 13.4 Å². The van der Waals surface area contributed by atoms with E-state index in [1.807, 2.05) is 0 Å². The Morgan fingerprint density at radius 1 is 1.33 bits per heavy atom. The second-order valence-electron chi connectivity index (χ2n) is 4.95. The molecule has 1 fully saturated rings. The van der Waals surface area contributed by atoms with Crippen LogP contribution < -0.4 is 0 Å². The highest BCUT2D eigenvalue weighted by atomic mass is 32.2. The molecule has 9 heteroatoms. The third-order valence-corrected chi connectivity index (χ3v) is 5.15. The number of nitrogens with zero attached hydrogens (tertiary/aromatic N) is 4. The van der Waals surface area contributed by atoms with Crippen molar-refractivity contribution in [1.29, 1.82) is 0 Å². The van der Waals surface area contributed by atoms with E-state index in [0.717, 1.165) is 0 Å². The zero-order valence-electron chi connectivity index (χ0n) is 12.2. The Hall–Kier alpha value is -1.45. The lowest BCUT2D eigenvalue weighted by atomic mass is 10.4.